The van der Waals surface area contributed by atoms with Crippen molar-refractivity contribution in [2.45, 2.75) is 51.6 Å². The lowest BCUT2D eigenvalue weighted by Crippen LogP contribution is -2.82. The lowest BCUT2D eigenvalue weighted by Gasteiger charge is -2.28. The van der Waals surface area contributed by atoms with E-state index < -0.39 is 0 Å². The Morgan fingerprint density at radius 2 is 1.60 bits per heavy atom. The third-order valence-corrected chi connectivity index (χ3v) is 3.09. The van der Waals surface area contributed by atoms with Crippen LogP contribution in [0.1, 0.15) is 39.5 Å². The average Bonchev–Trinajstić information content (AvgIpc) is 2.98. The topological polar surface area (TPSA) is 19.9 Å². The zero-order valence-corrected chi connectivity index (χ0v) is 11.4. The van der Waals surface area contributed by atoms with Gasteiger partial charge in [-0.2, -0.15) is 0 Å². The van der Waals surface area contributed by atoms with Crippen LogP contribution in [0.5, 0.6) is 0 Å². The maximum Gasteiger partial charge on any atom is 0.0726 e. The second-order valence-electron chi connectivity index (χ2n) is 4.24. The summed E-state index contributed by atoms with van der Waals surface area (Å²) in [5, 5.41) is 2.25. The molecule has 4 heteroatoms. The van der Waals surface area contributed by atoms with Gasteiger partial charge in [0.2, 0.25) is 0 Å². The molecule has 88 valence electrons. The van der Waals surface area contributed by atoms with Crippen molar-refractivity contribution in [2.24, 2.45) is 0 Å². The Morgan fingerprint density at radius 3 is 1.73 bits per heavy atom. The van der Waals surface area contributed by atoms with Crippen LogP contribution in [0.3, 0.4) is 0 Å². The van der Waals surface area contributed by atoms with Gasteiger partial charge < -0.3 is 35.1 Å². The molecule has 0 aromatic rings. The second-order valence-corrected chi connectivity index (χ2v) is 5.27. The Bertz CT molecular complexity index is 187. The standard InChI is InChI=1S/C7H11NS2.C4H11N/c9-7(10)8(5-1-2-5)6-3-4-6;1-3-5-4-2/h5-6H,1-4H2,(H,9,10);5H,3-4H2,1-2H3. The average molecular weight is 246 g/mol. The van der Waals surface area contributed by atoms with Crippen molar-refractivity contribution in [3.8, 4) is 0 Å². The van der Waals surface area contributed by atoms with E-state index in [9.17, 15) is 0 Å². The number of hydrogen-bond donors (Lipinski definition) is 1. The molecule has 0 amide bonds. The van der Waals surface area contributed by atoms with Gasteiger partial charge in [-0.05, 0) is 39.5 Å². The predicted molar refractivity (Wildman–Crippen MR) is 70.9 cm³/mol. The van der Waals surface area contributed by atoms with Gasteiger partial charge in [0.1, 0.15) is 0 Å². The summed E-state index contributed by atoms with van der Waals surface area (Å²) >= 11 is 9.98. The molecule has 0 heterocycles. The molecule has 2 aliphatic carbocycles. The Kier molecular flexibility index (Phi) is 5.79. The minimum absolute atomic E-state index is 0.699. The van der Waals surface area contributed by atoms with E-state index in [-0.39, 0.29) is 0 Å². The highest BCUT2D eigenvalue weighted by Gasteiger charge is 2.37. The summed E-state index contributed by atoms with van der Waals surface area (Å²) in [6, 6.07) is 1.47. The van der Waals surface area contributed by atoms with Crippen LogP contribution in [0.15, 0.2) is 0 Å². The number of quaternary nitrogens is 1. The molecule has 2 fully saturated rings. The summed E-state index contributed by atoms with van der Waals surface area (Å²) in [7, 11) is 0. The largest absolute Gasteiger partial charge is 0.411 e. The first-order chi connectivity index (χ1) is 7.20. The summed E-state index contributed by atoms with van der Waals surface area (Å²) in [5.74, 6) is 0. The molecule has 0 saturated heterocycles. The fraction of sp³-hybridized carbons (Fsp3) is 0.909. The molecule has 2 saturated carbocycles. The van der Waals surface area contributed by atoms with Crippen LogP contribution in [0, 0.1) is 0 Å². The SMILES string of the molecule is CC[NH2+]CC.S=C([S-])N(C1CC1)C1CC1. The first-order valence-electron chi connectivity index (χ1n) is 6.01. The zero-order chi connectivity index (χ0) is 11.3. The number of nitrogens with two attached hydrogens (primary N) is 1. The quantitative estimate of drug-likeness (QED) is 0.591. The molecule has 0 bridgehead atoms. The molecule has 0 aliphatic heterocycles. The van der Waals surface area contributed by atoms with Crippen LogP contribution in [0.2, 0.25) is 0 Å². The first kappa shape index (κ1) is 13.1. The van der Waals surface area contributed by atoms with Gasteiger partial charge >= 0.3 is 0 Å². The zero-order valence-electron chi connectivity index (χ0n) is 9.74. The smallest absolute Gasteiger partial charge is 0.0726 e. The van der Waals surface area contributed by atoms with Gasteiger partial charge in [0.05, 0.1) is 13.1 Å². The summed E-state index contributed by atoms with van der Waals surface area (Å²) in [4.78, 5) is 2.27. The Hall–Kier alpha value is 0.0700. The van der Waals surface area contributed by atoms with Crippen molar-refractivity contribution in [3.63, 3.8) is 0 Å². The Labute approximate surface area is 104 Å². The van der Waals surface area contributed by atoms with Crippen LogP contribution in [-0.4, -0.2) is 34.4 Å². The van der Waals surface area contributed by atoms with E-state index in [0.29, 0.717) is 4.32 Å². The molecular weight excluding hydrogens is 224 g/mol. The lowest BCUT2D eigenvalue weighted by atomic mass is 10.5. The summed E-state index contributed by atoms with van der Waals surface area (Å²) in [6.45, 7) is 6.75. The van der Waals surface area contributed by atoms with Gasteiger partial charge in [-0.1, -0.05) is 4.32 Å². The number of rotatable bonds is 4. The molecule has 0 aromatic carbocycles. The monoisotopic (exact) mass is 246 g/mol. The Balaban J connectivity index is 0.000000195. The minimum atomic E-state index is 0.699. The van der Waals surface area contributed by atoms with E-state index in [0.717, 1.165) is 12.1 Å². The van der Waals surface area contributed by atoms with Crippen molar-refractivity contribution in [1.82, 2.24) is 4.90 Å². The molecule has 0 aromatic heterocycles. The molecule has 0 unspecified atom stereocenters. The molecule has 2 nitrogen and oxygen atoms in total. The third-order valence-electron chi connectivity index (χ3n) is 2.67. The first-order valence-corrected chi connectivity index (χ1v) is 6.83. The van der Waals surface area contributed by atoms with E-state index in [1.54, 1.807) is 0 Å². The van der Waals surface area contributed by atoms with E-state index >= 15 is 0 Å². The van der Waals surface area contributed by atoms with Gasteiger partial charge in [0.15, 0.2) is 0 Å². The van der Waals surface area contributed by atoms with Crippen LogP contribution < -0.4 is 5.32 Å². The molecule has 2 aliphatic rings. The Morgan fingerprint density at radius 1 is 1.20 bits per heavy atom. The minimum Gasteiger partial charge on any atom is -0.411 e. The molecule has 2 rings (SSSR count). The molecule has 15 heavy (non-hydrogen) atoms. The van der Waals surface area contributed by atoms with Crippen LogP contribution in [-0.2, 0) is 12.6 Å². The highest BCUT2D eigenvalue weighted by molar-refractivity contribution is 8.00. The van der Waals surface area contributed by atoms with Crippen LogP contribution >= 0.6 is 12.2 Å². The van der Waals surface area contributed by atoms with Gasteiger partial charge in [0.25, 0.3) is 0 Å². The van der Waals surface area contributed by atoms with Crippen molar-refractivity contribution < 1.29 is 5.32 Å². The summed E-state index contributed by atoms with van der Waals surface area (Å²) in [6.07, 6.45) is 5.25. The van der Waals surface area contributed by atoms with Crippen molar-refractivity contribution in [1.29, 1.82) is 0 Å². The molecule has 2 N–H and O–H groups in total. The maximum atomic E-state index is 4.99. The van der Waals surface area contributed by atoms with Gasteiger partial charge in [-0.25, -0.2) is 0 Å². The van der Waals surface area contributed by atoms with Gasteiger partial charge in [-0.3, -0.25) is 0 Å². The van der Waals surface area contributed by atoms with E-state index in [1.165, 1.54) is 38.8 Å². The van der Waals surface area contributed by atoms with Crippen molar-refractivity contribution in [2.75, 3.05) is 13.1 Å². The normalized spacial score (nSPS) is 19.1. The maximum absolute atomic E-state index is 4.99. The van der Waals surface area contributed by atoms with Crippen molar-refractivity contribution in [3.05, 3.63) is 0 Å². The van der Waals surface area contributed by atoms with E-state index in [2.05, 4.69) is 24.1 Å². The summed E-state index contributed by atoms with van der Waals surface area (Å²) in [5.41, 5.74) is 0. The highest BCUT2D eigenvalue weighted by Crippen LogP contribution is 2.37. The van der Waals surface area contributed by atoms with E-state index in [1.807, 2.05) is 0 Å². The molecule has 0 spiro atoms. The predicted octanol–water partition coefficient (Wildman–Crippen LogP) is 1.03. The van der Waals surface area contributed by atoms with Gasteiger partial charge in [0, 0.05) is 12.1 Å². The van der Waals surface area contributed by atoms with E-state index in [4.69, 9.17) is 24.8 Å². The van der Waals surface area contributed by atoms with Crippen LogP contribution in [0.4, 0.5) is 0 Å². The van der Waals surface area contributed by atoms with Gasteiger partial charge in [-0.15, -0.1) is 0 Å². The lowest BCUT2D eigenvalue weighted by molar-refractivity contribution is -0.648. The molecule has 0 radical (unpaired) electrons. The fourth-order valence-electron chi connectivity index (χ4n) is 1.59. The molecule has 0 atom stereocenters. The summed E-state index contributed by atoms with van der Waals surface area (Å²) < 4.78 is 0.699. The molecular formula is C11H22N2S2. The highest BCUT2D eigenvalue weighted by atomic mass is 32.1. The number of nitrogens with zero attached hydrogens (tertiary/aromatic N) is 1. The number of thiocarbonyl (C=S) groups is 1. The van der Waals surface area contributed by atoms with Crippen molar-refractivity contribution >= 4 is 29.2 Å². The second kappa shape index (κ2) is 6.61. The number of hydrogen-bond acceptors (Lipinski definition) is 2. The fourth-order valence-corrected chi connectivity index (χ4v) is 2.19. The van der Waals surface area contributed by atoms with Crippen LogP contribution in [0.25, 0.3) is 0 Å². The third kappa shape index (κ3) is 5.09.